The molecule has 130 valence electrons. The van der Waals surface area contributed by atoms with Crippen LogP contribution in [-0.2, 0) is 22.8 Å². The maximum absolute atomic E-state index is 9.95. The monoisotopic (exact) mass is 336 g/mol. The molecule has 2 saturated carbocycles. The molecular formula is C20H24N4O. The van der Waals surface area contributed by atoms with Crippen LogP contribution in [-0.4, -0.2) is 21.4 Å². The summed E-state index contributed by atoms with van der Waals surface area (Å²) in [6, 6.07) is 12.8. The number of aromatic nitrogens is 3. The van der Waals surface area contributed by atoms with Crippen molar-refractivity contribution in [2.24, 2.45) is 13.0 Å². The second kappa shape index (κ2) is 6.27. The van der Waals surface area contributed by atoms with Crippen LogP contribution in [0, 0.1) is 17.2 Å². The molecule has 2 aliphatic rings. The number of nitriles is 1. The molecule has 2 aromatic rings. The van der Waals surface area contributed by atoms with Crippen LogP contribution in [0.2, 0.25) is 0 Å². The van der Waals surface area contributed by atoms with Gasteiger partial charge in [-0.25, -0.2) is 4.98 Å². The van der Waals surface area contributed by atoms with E-state index in [4.69, 9.17) is 4.74 Å². The van der Waals surface area contributed by atoms with E-state index in [1.54, 1.807) is 6.33 Å². The van der Waals surface area contributed by atoms with E-state index in [2.05, 4.69) is 28.3 Å². The zero-order valence-electron chi connectivity index (χ0n) is 14.7. The van der Waals surface area contributed by atoms with Crippen molar-refractivity contribution < 1.29 is 4.74 Å². The highest BCUT2D eigenvalue weighted by molar-refractivity contribution is 5.34. The topological polar surface area (TPSA) is 63.7 Å². The van der Waals surface area contributed by atoms with E-state index in [9.17, 15) is 5.26 Å². The van der Waals surface area contributed by atoms with Crippen molar-refractivity contribution >= 4 is 0 Å². The van der Waals surface area contributed by atoms with Gasteiger partial charge in [0.25, 0.3) is 0 Å². The SMILES string of the molecule is Cn1ncnc1C1(OCC2CC2)CCC(C#N)(c2ccccc2)CC1. The van der Waals surface area contributed by atoms with Crippen LogP contribution >= 0.6 is 0 Å². The molecule has 1 aromatic heterocycles. The molecule has 2 fully saturated rings. The Morgan fingerprint density at radius 2 is 1.92 bits per heavy atom. The van der Waals surface area contributed by atoms with Gasteiger partial charge in [0.1, 0.15) is 11.9 Å². The van der Waals surface area contributed by atoms with Crippen molar-refractivity contribution in [2.75, 3.05) is 6.61 Å². The van der Waals surface area contributed by atoms with Crippen LogP contribution in [0.1, 0.15) is 49.9 Å². The van der Waals surface area contributed by atoms with E-state index in [0.29, 0.717) is 5.92 Å². The van der Waals surface area contributed by atoms with Crippen molar-refractivity contribution in [3.63, 3.8) is 0 Å². The molecule has 0 radical (unpaired) electrons. The van der Waals surface area contributed by atoms with Gasteiger partial charge in [-0.15, -0.1) is 0 Å². The lowest BCUT2D eigenvalue weighted by molar-refractivity contribution is -0.0959. The average Bonchev–Trinajstić information content (AvgIpc) is 3.40. The summed E-state index contributed by atoms with van der Waals surface area (Å²) < 4.78 is 8.29. The molecular weight excluding hydrogens is 312 g/mol. The first-order chi connectivity index (χ1) is 12.2. The van der Waals surface area contributed by atoms with Gasteiger partial charge < -0.3 is 4.74 Å². The van der Waals surface area contributed by atoms with E-state index in [1.165, 1.54) is 12.8 Å². The lowest BCUT2D eigenvalue weighted by Crippen LogP contribution is -2.42. The summed E-state index contributed by atoms with van der Waals surface area (Å²) in [7, 11) is 1.92. The third-order valence-electron chi connectivity index (χ3n) is 5.86. The maximum Gasteiger partial charge on any atom is 0.158 e. The summed E-state index contributed by atoms with van der Waals surface area (Å²) in [5, 5.41) is 14.2. The second-order valence-electron chi connectivity index (χ2n) is 7.52. The molecule has 0 atom stereocenters. The zero-order chi connectivity index (χ0) is 17.3. The van der Waals surface area contributed by atoms with Gasteiger partial charge in [0.2, 0.25) is 0 Å². The molecule has 5 heteroatoms. The number of hydrogen-bond donors (Lipinski definition) is 0. The Kier molecular flexibility index (Phi) is 4.09. The lowest BCUT2D eigenvalue weighted by atomic mass is 9.65. The molecule has 1 heterocycles. The summed E-state index contributed by atoms with van der Waals surface area (Å²) in [4.78, 5) is 4.50. The third kappa shape index (κ3) is 2.96. The van der Waals surface area contributed by atoms with E-state index >= 15 is 0 Å². The van der Waals surface area contributed by atoms with Gasteiger partial charge in [-0.05, 0) is 50.0 Å². The molecule has 0 N–H and O–H groups in total. The minimum atomic E-state index is -0.424. The van der Waals surface area contributed by atoms with Crippen LogP contribution < -0.4 is 0 Å². The summed E-state index contributed by atoms with van der Waals surface area (Å²) in [6.45, 7) is 0.789. The Hall–Kier alpha value is -2.19. The van der Waals surface area contributed by atoms with Crippen LogP contribution in [0.15, 0.2) is 36.7 Å². The van der Waals surface area contributed by atoms with E-state index in [-0.39, 0.29) is 0 Å². The van der Waals surface area contributed by atoms with Crippen molar-refractivity contribution in [3.8, 4) is 6.07 Å². The van der Waals surface area contributed by atoms with Crippen LogP contribution in [0.25, 0.3) is 0 Å². The minimum Gasteiger partial charge on any atom is -0.367 e. The van der Waals surface area contributed by atoms with Gasteiger partial charge in [-0.3, -0.25) is 4.68 Å². The van der Waals surface area contributed by atoms with Gasteiger partial charge >= 0.3 is 0 Å². The van der Waals surface area contributed by atoms with Crippen LogP contribution in [0.5, 0.6) is 0 Å². The fourth-order valence-corrected chi connectivity index (χ4v) is 4.01. The zero-order valence-corrected chi connectivity index (χ0v) is 14.7. The maximum atomic E-state index is 9.95. The number of aryl methyl sites for hydroxylation is 1. The predicted octanol–water partition coefficient (Wildman–Crippen LogP) is 3.47. The van der Waals surface area contributed by atoms with Gasteiger partial charge in [0.15, 0.2) is 5.82 Å². The number of ether oxygens (including phenoxy) is 1. The van der Waals surface area contributed by atoms with E-state index < -0.39 is 11.0 Å². The average molecular weight is 336 g/mol. The van der Waals surface area contributed by atoms with Crippen molar-refractivity contribution in [3.05, 3.63) is 48.0 Å². The van der Waals surface area contributed by atoms with Crippen LogP contribution in [0.4, 0.5) is 0 Å². The van der Waals surface area contributed by atoms with Crippen molar-refractivity contribution in [1.29, 1.82) is 5.26 Å². The second-order valence-corrected chi connectivity index (χ2v) is 7.52. The molecule has 2 aliphatic carbocycles. The van der Waals surface area contributed by atoms with Gasteiger partial charge in [-0.2, -0.15) is 10.4 Å². The Morgan fingerprint density at radius 1 is 1.20 bits per heavy atom. The first-order valence-corrected chi connectivity index (χ1v) is 9.13. The fourth-order valence-electron chi connectivity index (χ4n) is 4.01. The molecule has 0 bridgehead atoms. The summed E-state index contributed by atoms with van der Waals surface area (Å²) in [5.41, 5.74) is 0.279. The smallest absolute Gasteiger partial charge is 0.158 e. The van der Waals surface area contributed by atoms with E-state index in [0.717, 1.165) is 43.7 Å². The number of rotatable bonds is 5. The fraction of sp³-hybridized carbons (Fsp3) is 0.550. The van der Waals surface area contributed by atoms with Crippen LogP contribution in [0.3, 0.4) is 0 Å². The quantitative estimate of drug-likeness (QED) is 0.838. The number of nitrogens with zero attached hydrogens (tertiary/aromatic N) is 4. The molecule has 1 aromatic carbocycles. The molecule has 0 aliphatic heterocycles. The Labute approximate surface area is 148 Å². The minimum absolute atomic E-state index is 0.414. The molecule has 0 unspecified atom stereocenters. The molecule has 25 heavy (non-hydrogen) atoms. The molecule has 4 rings (SSSR count). The summed E-state index contributed by atoms with van der Waals surface area (Å²) >= 11 is 0. The highest BCUT2D eigenvalue weighted by Crippen LogP contribution is 2.49. The Bertz CT molecular complexity index is 764. The molecule has 5 nitrogen and oxygen atoms in total. The largest absolute Gasteiger partial charge is 0.367 e. The third-order valence-corrected chi connectivity index (χ3v) is 5.86. The number of benzene rings is 1. The highest BCUT2D eigenvalue weighted by atomic mass is 16.5. The molecule has 0 saturated heterocycles. The van der Waals surface area contributed by atoms with Crippen molar-refractivity contribution in [1.82, 2.24) is 14.8 Å². The Morgan fingerprint density at radius 3 is 2.48 bits per heavy atom. The highest BCUT2D eigenvalue weighted by Gasteiger charge is 2.48. The van der Waals surface area contributed by atoms with Gasteiger partial charge in [-0.1, -0.05) is 30.3 Å². The van der Waals surface area contributed by atoms with Gasteiger partial charge in [0, 0.05) is 7.05 Å². The predicted molar refractivity (Wildman–Crippen MR) is 93.6 cm³/mol. The standard InChI is InChI=1S/C20H24N4O/c1-24-18(22-15-23-24)20(25-13-16-7-8-16)11-9-19(14-21,10-12-20)17-5-3-2-4-6-17/h2-6,15-16H,7-13H2,1H3. The van der Waals surface area contributed by atoms with E-state index in [1.807, 2.05) is 29.9 Å². The lowest BCUT2D eigenvalue weighted by Gasteiger charge is -2.42. The summed E-state index contributed by atoms with van der Waals surface area (Å²) in [6.07, 6.45) is 7.29. The van der Waals surface area contributed by atoms with Gasteiger partial charge in [0.05, 0.1) is 18.1 Å². The number of hydrogen-bond acceptors (Lipinski definition) is 4. The molecule has 0 amide bonds. The molecule has 0 spiro atoms. The van der Waals surface area contributed by atoms with Crippen molar-refractivity contribution in [2.45, 2.75) is 49.5 Å². The normalized spacial score (nSPS) is 29.3. The Balaban J connectivity index is 1.61. The first kappa shape index (κ1) is 16.3. The summed E-state index contributed by atoms with van der Waals surface area (Å²) in [5.74, 6) is 1.59. The first-order valence-electron chi connectivity index (χ1n) is 9.13.